The molecule has 108 valence electrons. The van der Waals surface area contributed by atoms with Gasteiger partial charge in [-0.3, -0.25) is 4.79 Å². The molecule has 2 rings (SSSR count). The molecule has 1 amide bonds. The van der Waals surface area contributed by atoms with Crippen LogP contribution in [0.5, 0.6) is 0 Å². The van der Waals surface area contributed by atoms with Crippen LogP contribution in [0, 0.1) is 11.8 Å². The smallest absolute Gasteiger partial charge is 0.329 e. The average molecular weight is 269 g/mol. The second kappa shape index (κ2) is 5.90. The Kier molecular flexibility index (Phi) is 4.45. The number of hydrogen-bond acceptors (Lipinski definition) is 3. The van der Waals surface area contributed by atoms with Gasteiger partial charge in [0.25, 0.3) is 0 Å². The molecule has 5 nitrogen and oxygen atoms in total. The molecule has 19 heavy (non-hydrogen) atoms. The fourth-order valence-corrected chi connectivity index (χ4v) is 3.20. The Morgan fingerprint density at radius 1 is 1.32 bits per heavy atom. The molecule has 0 aromatic carbocycles. The normalized spacial score (nSPS) is 35.6. The Labute approximate surface area is 113 Å². The Hall–Kier alpha value is -1.10. The summed E-state index contributed by atoms with van der Waals surface area (Å²) in [6.45, 7) is 3.16. The van der Waals surface area contributed by atoms with Gasteiger partial charge in [-0.25, -0.2) is 4.79 Å². The molecular formula is C14H23NO4. The Morgan fingerprint density at radius 2 is 2.11 bits per heavy atom. The molecule has 1 aliphatic heterocycles. The van der Waals surface area contributed by atoms with E-state index in [1.165, 1.54) is 0 Å². The van der Waals surface area contributed by atoms with Crippen LogP contribution in [0.4, 0.5) is 0 Å². The quantitative estimate of drug-likeness (QED) is 0.815. The largest absolute Gasteiger partial charge is 0.480 e. The maximum Gasteiger partial charge on any atom is 0.329 e. The maximum atomic E-state index is 12.2. The fraction of sp³-hybridized carbons (Fsp3) is 0.857. The highest BCUT2D eigenvalue weighted by atomic mass is 16.5. The van der Waals surface area contributed by atoms with Gasteiger partial charge in [-0.05, 0) is 31.6 Å². The van der Waals surface area contributed by atoms with E-state index in [2.05, 4.69) is 5.32 Å². The van der Waals surface area contributed by atoms with Crippen molar-refractivity contribution < 1.29 is 19.4 Å². The molecule has 1 saturated carbocycles. The standard InChI is InChI=1S/C14H23NO4/c1-10-4-2-6-14(8-10,13(17)18)15-12(16)11-5-3-7-19-9-11/h10-11H,2-9H2,1H3,(H,15,16)(H,17,18). The minimum atomic E-state index is -1.06. The van der Waals surface area contributed by atoms with E-state index in [0.717, 1.165) is 25.7 Å². The van der Waals surface area contributed by atoms with Crippen molar-refractivity contribution in [3.8, 4) is 0 Å². The van der Waals surface area contributed by atoms with Gasteiger partial charge in [0, 0.05) is 6.61 Å². The second-order valence-electron chi connectivity index (χ2n) is 5.99. The Bertz CT molecular complexity index is 351. The third kappa shape index (κ3) is 3.26. The zero-order chi connectivity index (χ0) is 13.9. The average Bonchev–Trinajstić information content (AvgIpc) is 2.39. The minimum Gasteiger partial charge on any atom is -0.480 e. The molecule has 2 N–H and O–H groups in total. The molecular weight excluding hydrogens is 246 g/mol. The lowest BCUT2D eigenvalue weighted by Gasteiger charge is -2.38. The van der Waals surface area contributed by atoms with Gasteiger partial charge >= 0.3 is 5.97 Å². The number of carbonyl (C=O) groups excluding carboxylic acids is 1. The van der Waals surface area contributed by atoms with Crippen LogP contribution < -0.4 is 5.32 Å². The van der Waals surface area contributed by atoms with Crippen LogP contribution in [-0.4, -0.2) is 35.7 Å². The number of amides is 1. The van der Waals surface area contributed by atoms with Gasteiger partial charge in [0.1, 0.15) is 5.54 Å². The molecule has 3 unspecified atom stereocenters. The predicted molar refractivity (Wildman–Crippen MR) is 69.7 cm³/mol. The fourth-order valence-electron chi connectivity index (χ4n) is 3.20. The van der Waals surface area contributed by atoms with Crippen LogP contribution >= 0.6 is 0 Å². The Morgan fingerprint density at radius 3 is 2.68 bits per heavy atom. The van der Waals surface area contributed by atoms with Crippen LogP contribution in [0.3, 0.4) is 0 Å². The number of nitrogens with one attached hydrogen (secondary N) is 1. The Balaban J connectivity index is 2.03. The summed E-state index contributed by atoms with van der Waals surface area (Å²) in [6.07, 6.45) is 4.62. The van der Waals surface area contributed by atoms with Crippen molar-refractivity contribution >= 4 is 11.9 Å². The van der Waals surface area contributed by atoms with E-state index >= 15 is 0 Å². The van der Waals surface area contributed by atoms with E-state index in [1.54, 1.807) is 0 Å². The van der Waals surface area contributed by atoms with Gasteiger partial charge in [0.15, 0.2) is 0 Å². The zero-order valence-corrected chi connectivity index (χ0v) is 11.5. The van der Waals surface area contributed by atoms with E-state index in [1.807, 2.05) is 6.92 Å². The molecule has 1 aliphatic carbocycles. The number of carboxylic acid groups (broad SMARTS) is 1. The summed E-state index contributed by atoms with van der Waals surface area (Å²) < 4.78 is 5.30. The zero-order valence-electron chi connectivity index (χ0n) is 11.5. The van der Waals surface area contributed by atoms with Crippen molar-refractivity contribution in [2.45, 2.75) is 51.0 Å². The van der Waals surface area contributed by atoms with Crippen LogP contribution in [0.15, 0.2) is 0 Å². The first-order chi connectivity index (χ1) is 9.03. The topological polar surface area (TPSA) is 75.6 Å². The summed E-state index contributed by atoms with van der Waals surface area (Å²) in [5.41, 5.74) is -1.06. The van der Waals surface area contributed by atoms with Crippen LogP contribution in [0.1, 0.15) is 45.4 Å². The molecule has 0 radical (unpaired) electrons. The SMILES string of the molecule is CC1CCCC(NC(=O)C2CCCOC2)(C(=O)O)C1. The monoisotopic (exact) mass is 269 g/mol. The third-order valence-electron chi connectivity index (χ3n) is 4.30. The summed E-state index contributed by atoms with van der Waals surface area (Å²) in [6, 6.07) is 0. The van der Waals surface area contributed by atoms with Gasteiger partial charge in [0.2, 0.25) is 5.91 Å². The van der Waals surface area contributed by atoms with Crippen LogP contribution in [0.2, 0.25) is 0 Å². The minimum absolute atomic E-state index is 0.156. The number of carbonyl (C=O) groups is 2. The second-order valence-corrected chi connectivity index (χ2v) is 5.99. The lowest BCUT2D eigenvalue weighted by Crippen LogP contribution is -2.58. The highest BCUT2D eigenvalue weighted by Crippen LogP contribution is 2.33. The molecule has 1 saturated heterocycles. The van der Waals surface area contributed by atoms with E-state index in [9.17, 15) is 14.7 Å². The third-order valence-corrected chi connectivity index (χ3v) is 4.30. The molecule has 3 atom stereocenters. The summed E-state index contributed by atoms with van der Waals surface area (Å²) in [7, 11) is 0. The molecule has 0 aromatic rings. The van der Waals surface area contributed by atoms with Gasteiger partial charge in [-0.2, -0.15) is 0 Å². The maximum absolute atomic E-state index is 12.2. The first kappa shape index (κ1) is 14.3. The van der Waals surface area contributed by atoms with Crippen LogP contribution in [-0.2, 0) is 14.3 Å². The summed E-state index contributed by atoms with van der Waals surface area (Å²) in [5, 5.41) is 12.3. The van der Waals surface area contributed by atoms with Crippen molar-refractivity contribution in [3.63, 3.8) is 0 Å². The molecule has 1 heterocycles. The number of hydrogen-bond donors (Lipinski definition) is 2. The lowest BCUT2D eigenvalue weighted by molar-refractivity contribution is -0.151. The molecule has 0 bridgehead atoms. The molecule has 2 aliphatic rings. The van der Waals surface area contributed by atoms with Crippen molar-refractivity contribution in [1.29, 1.82) is 0 Å². The first-order valence-corrected chi connectivity index (χ1v) is 7.17. The van der Waals surface area contributed by atoms with Gasteiger partial charge in [0.05, 0.1) is 12.5 Å². The lowest BCUT2D eigenvalue weighted by atomic mass is 9.76. The van der Waals surface area contributed by atoms with Crippen LogP contribution in [0.25, 0.3) is 0 Å². The number of ether oxygens (including phenoxy) is 1. The van der Waals surface area contributed by atoms with Crippen molar-refractivity contribution in [2.75, 3.05) is 13.2 Å². The molecule has 0 spiro atoms. The molecule has 5 heteroatoms. The van der Waals surface area contributed by atoms with E-state index in [4.69, 9.17) is 4.74 Å². The highest BCUT2D eigenvalue weighted by molar-refractivity contribution is 5.88. The number of carboxylic acids is 1. The van der Waals surface area contributed by atoms with Crippen molar-refractivity contribution in [1.82, 2.24) is 5.32 Å². The summed E-state index contributed by atoms with van der Waals surface area (Å²) in [4.78, 5) is 23.8. The molecule has 2 fully saturated rings. The molecule has 0 aromatic heterocycles. The van der Waals surface area contributed by atoms with E-state index < -0.39 is 11.5 Å². The predicted octanol–water partition coefficient (Wildman–Crippen LogP) is 1.56. The summed E-state index contributed by atoms with van der Waals surface area (Å²) >= 11 is 0. The van der Waals surface area contributed by atoms with Crippen molar-refractivity contribution in [3.05, 3.63) is 0 Å². The van der Waals surface area contributed by atoms with Gasteiger partial charge < -0.3 is 15.2 Å². The summed E-state index contributed by atoms with van der Waals surface area (Å²) in [5.74, 6) is -0.907. The number of rotatable bonds is 3. The first-order valence-electron chi connectivity index (χ1n) is 7.17. The van der Waals surface area contributed by atoms with E-state index in [-0.39, 0.29) is 11.8 Å². The van der Waals surface area contributed by atoms with Gasteiger partial charge in [-0.15, -0.1) is 0 Å². The van der Waals surface area contributed by atoms with E-state index in [0.29, 0.717) is 32.0 Å². The van der Waals surface area contributed by atoms with Crippen molar-refractivity contribution in [2.24, 2.45) is 11.8 Å². The number of aliphatic carboxylic acids is 1. The van der Waals surface area contributed by atoms with Gasteiger partial charge in [-0.1, -0.05) is 19.8 Å². The highest BCUT2D eigenvalue weighted by Gasteiger charge is 2.44.